The van der Waals surface area contributed by atoms with Crippen LogP contribution in [-0.4, -0.2) is 17.3 Å². The van der Waals surface area contributed by atoms with E-state index in [-0.39, 0.29) is 10.6 Å². The van der Waals surface area contributed by atoms with Crippen LogP contribution in [0.1, 0.15) is 41.3 Å². The zero-order valence-corrected chi connectivity index (χ0v) is 13.1. The van der Waals surface area contributed by atoms with E-state index in [1.807, 2.05) is 12.1 Å². The largest absolute Gasteiger partial charge is 0.478 e. The normalized spacial score (nSPS) is 11.1. The van der Waals surface area contributed by atoms with Crippen molar-refractivity contribution >= 4 is 29.5 Å². The SMILES string of the molecule is CC(C)c1ccc(/C=N\Nc2ccc(Cl)c(C(=O)O)c2)cc1. The molecule has 2 rings (SSSR count). The standard InChI is InChI=1S/C17H17ClN2O2/c1-11(2)13-5-3-12(4-6-13)10-19-20-14-7-8-16(18)15(9-14)17(21)22/h3-11,20H,1-2H3,(H,21,22)/b19-10-. The fourth-order valence-electron chi connectivity index (χ4n) is 1.91. The third kappa shape index (κ3) is 4.09. The quantitative estimate of drug-likeness (QED) is 0.625. The van der Waals surface area contributed by atoms with Crippen LogP contribution in [0.4, 0.5) is 5.69 Å². The predicted octanol–water partition coefficient (Wildman–Crippen LogP) is 4.61. The highest BCUT2D eigenvalue weighted by molar-refractivity contribution is 6.33. The second-order valence-corrected chi connectivity index (χ2v) is 5.60. The minimum absolute atomic E-state index is 0.0446. The number of carbonyl (C=O) groups is 1. The maximum atomic E-state index is 11.0. The highest BCUT2D eigenvalue weighted by Crippen LogP contribution is 2.20. The number of hydrogen-bond acceptors (Lipinski definition) is 3. The van der Waals surface area contributed by atoms with Crippen molar-refractivity contribution in [3.63, 3.8) is 0 Å². The van der Waals surface area contributed by atoms with Gasteiger partial charge in [0.25, 0.3) is 0 Å². The zero-order chi connectivity index (χ0) is 16.1. The van der Waals surface area contributed by atoms with E-state index in [1.165, 1.54) is 17.7 Å². The molecule has 0 radical (unpaired) electrons. The first kappa shape index (κ1) is 16.0. The van der Waals surface area contributed by atoms with Crippen molar-refractivity contribution in [1.82, 2.24) is 0 Å². The van der Waals surface area contributed by atoms with E-state index in [9.17, 15) is 4.79 Å². The minimum Gasteiger partial charge on any atom is -0.478 e. The van der Waals surface area contributed by atoms with Crippen LogP contribution < -0.4 is 5.43 Å². The summed E-state index contributed by atoms with van der Waals surface area (Å²) in [7, 11) is 0. The van der Waals surface area contributed by atoms with Crippen LogP contribution in [0.5, 0.6) is 0 Å². The Morgan fingerprint density at radius 1 is 1.23 bits per heavy atom. The fourth-order valence-corrected chi connectivity index (χ4v) is 2.11. The summed E-state index contributed by atoms with van der Waals surface area (Å²) in [6.07, 6.45) is 1.68. The van der Waals surface area contributed by atoms with Gasteiger partial charge in [-0.25, -0.2) is 4.79 Å². The number of carboxylic acids is 1. The van der Waals surface area contributed by atoms with E-state index in [2.05, 4.69) is 36.5 Å². The molecule has 2 N–H and O–H groups in total. The molecule has 114 valence electrons. The molecule has 22 heavy (non-hydrogen) atoms. The number of benzene rings is 2. The number of aromatic carboxylic acids is 1. The Balaban J connectivity index is 2.06. The number of hydrogen-bond donors (Lipinski definition) is 2. The van der Waals surface area contributed by atoms with Gasteiger partial charge in [0.05, 0.1) is 22.5 Å². The molecule has 0 amide bonds. The summed E-state index contributed by atoms with van der Waals surface area (Å²) in [6, 6.07) is 12.8. The predicted molar refractivity (Wildman–Crippen MR) is 90.2 cm³/mol. The molecule has 0 aromatic heterocycles. The second kappa shape index (κ2) is 7.09. The lowest BCUT2D eigenvalue weighted by molar-refractivity contribution is 0.0697. The molecule has 0 atom stereocenters. The van der Waals surface area contributed by atoms with Gasteiger partial charge in [-0.1, -0.05) is 49.7 Å². The minimum atomic E-state index is -1.07. The Hall–Kier alpha value is -2.33. The smallest absolute Gasteiger partial charge is 0.337 e. The van der Waals surface area contributed by atoms with Gasteiger partial charge in [0.15, 0.2) is 0 Å². The molecule has 0 saturated heterocycles. The van der Waals surface area contributed by atoms with Crippen LogP contribution in [-0.2, 0) is 0 Å². The van der Waals surface area contributed by atoms with Crippen LogP contribution in [0.2, 0.25) is 5.02 Å². The van der Waals surface area contributed by atoms with E-state index in [4.69, 9.17) is 16.7 Å². The number of anilines is 1. The maximum absolute atomic E-state index is 11.0. The zero-order valence-electron chi connectivity index (χ0n) is 12.4. The Bertz CT molecular complexity index is 694. The van der Waals surface area contributed by atoms with Crippen LogP contribution in [0.15, 0.2) is 47.6 Å². The molecule has 0 saturated carbocycles. The summed E-state index contributed by atoms with van der Waals surface area (Å²) in [5, 5.41) is 13.3. The molecule has 2 aromatic rings. The van der Waals surface area contributed by atoms with Gasteiger partial charge in [-0.2, -0.15) is 5.10 Å². The van der Waals surface area contributed by atoms with E-state index in [0.29, 0.717) is 11.6 Å². The molecule has 2 aromatic carbocycles. The molecule has 4 nitrogen and oxygen atoms in total. The summed E-state index contributed by atoms with van der Waals surface area (Å²) >= 11 is 5.81. The molecule has 0 aliphatic rings. The molecule has 0 fully saturated rings. The van der Waals surface area contributed by atoms with E-state index in [1.54, 1.807) is 12.3 Å². The monoisotopic (exact) mass is 316 g/mol. The number of halogens is 1. The Morgan fingerprint density at radius 2 is 1.91 bits per heavy atom. The summed E-state index contributed by atoms with van der Waals surface area (Å²) in [5.41, 5.74) is 5.65. The lowest BCUT2D eigenvalue weighted by Gasteiger charge is -2.05. The Morgan fingerprint density at radius 3 is 2.50 bits per heavy atom. The Kier molecular flexibility index (Phi) is 5.17. The van der Waals surface area contributed by atoms with Crippen LogP contribution in [0.25, 0.3) is 0 Å². The summed E-state index contributed by atoms with van der Waals surface area (Å²) < 4.78 is 0. The van der Waals surface area contributed by atoms with Crippen molar-refractivity contribution in [2.75, 3.05) is 5.43 Å². The molecular weight excluding hydrogens is 300 g/mol. The fraction of sp³-hybridized carbons (Fsp3) is 0.176. The molecule has 0 spiro atoms. The number of nitrogens with zero attached hydrogens (tertiary/aromatic N) is 1. The third-order valence-corrected chi connectivity index (χ3v) is 3.54. The van der Waals surface area contributed by atoms with Gasteiger partial charge in [-0.05, 0) is 35.2 Å². The first-order valence-electron chi connectivity index (χ1n) is 6.89. The van der Waals surface area contributed by atoms with Crippen LogP contribution >= 0.6 is 11.6 Å². The average Bonchev–Trinajstić information content (AvgIpc) is 2.49. The summed E-state index contributed by atoms with van der Waals surface area (Å²) in [5.74, 6) is -0.575. The topological polar surface area (TPSA) is 61.7 Å². The van der Waals surface area contributed by atoms with Gasteiger partial charge in [-0.15, -0.1) is 0 Å². The van der Waals surface area contributed by atoms with Crippen LogP contribution in [0.3, 0.4) is 0 Å². The number of rotatable bonds is 5. The van der Waals surface area contributed by atoms with E-state index >= 15 is 0 Å². The van der Waals surface area contributed by atoms with Gasteiger partial charge in [0.1, 0.15) is 0 Å². The molecule has 0 heterocycles. The van der Waals surface area contributed by atoms with Gasteiger partial charge in [-0.3, -0.25) is 5.43 Å². The molecule has 0 bridgehead atoms. The van der Waals surface area contributed by atoms with Crippen molar-refractivity contribution < 1.29 is 9.90 Å². The molecule has 0 aliphatic heterocycles. The van der Waals surface area contributed by atoms with E-state index in [0.717, 1.165) is 5.56 Å². The lowest BCUT2D eigenvalue weighted by atomic mass is 10.0. The van der Waals surface area contributed by atoms with Crippen molar-refractivity contribution in [2.45, 2.75) is 19.8 Å². The molecule has 0 aliphatic carbocycles. The number of nitrogens with one attached hydrogen (secondary N) is 1. The van der Waals surface area contributed by atoms with Gasteiger partial charge >= 0.3 is 5.97 Å². The van der Waals surface area contributed by atoms with Crippen molar-refractivity contribution in [2.24, 2.45) is 5.10 Å². The summed E-state index contributed by atoms with van der Waals surface area (Å²) in [6.45, 7) is 4.29. The number of hydrazone groups is 1. The number of carboxylic acid groups (broad SMARTS) is 1. The molecule has 5 heteroatoms. The lowest BCUT2D eigenvalue weighted by Crippen LogP contribution is -1.99. The first-order chi connectivity index (χ1) is 10.5. The molecule has 0 unspecified atom stereocenters. The van der Waals surface area contributed by atoms with Gasteiger partial charge < -0.3 is 5.11 Å². The van der Waals surface area contributed by atoms with E-state index < -0.39 is 5.97 Å². The van der Waals surface area contributed by atoms with Gasteiger partial charge in [0.2, 0.25) is 0 Å². The highest BCUT2D eigenvalue weighted by atomic mass is 35.5. The molecular formula is C17H17ClN2O2. The average molecular weight is 317 g/mol. The van der Waals surface area contributed by atoms with Crippen LogP contribution in [0, 0.1) is 0 Å². The van der Waals surface area contributed by atoms with Crippen molar-refractivity contribution in [1.29, 1.82) is 0 Å². The second-order valence-electron chi connectivity index (χ2n) is 5.19. The van der Waals surface area contributed by atoms with Crippen molar-refractivity contribution in [3.05, 3.63) is 64.2 Å². The maximum Gasteiger partial charge on any atom is 0.337 e. The summed E-state index contributed by atoms with van der Waals surface area (Å²) in [4.78, 5) is 11.0. The highest BCUT2D eigenvalue weighted by Gasteiger charge is 2.08. The first-order valence-corrected chi connectivity index (χ1v) is 7.27. The Labute approximate surface area is 134 Å². The third-order valence-electron chi connectivity index (χ3n) is 3.21. The van der Waals surface area contributed by atoms with Crippen molar-refractivity contribution in [3.8, 4) is 0 Å². The van der Waals surface area contributed by atoms with Gasteiger partial charge in [0, 0.05) is 0 Å².